The fraction of sp³-hybridized carbons (Fsp3) is 0.875. The molecule has 2 rings (SSSR count). The van der Waals surface area contributed by atoms with Gasteiger partial charge in [0.25, 0.3) is 0 Å². The van der Waals surface area contributed by atoms with Crippen molar-refractivity contribution < 1.29 is 14.3 Å². The summed E-state index contributed by atoms with van der Waals surface area (Å²) in [5.41, 5.74) is -0.282. The second kappa shape index (κ2) is 8.73. The first-order valence-electron chi connectivity index (χ1n) is 8.23. The van der Waals surface area contributed by atoms with Gasteiger partial charge in [0.1, 0.15) is 0 Å². The summed E-state index contributed by atoms with van der Waals surface area (Å²) in [6.45, 7) is 6.09. The minimum absolute atomic E-state index is 0. The van der Waals surface area contributed by atoms with Gasteiger partial charge in [-0.15, -0.1) is 12.4 Å². The summed E-state index contributed by atoms with van der Waals surface area (Å²) in [5, 5.41) is 6.50. The second-order valence-electron chi connectivity index (χ2n) is 6.62. The van der Waals surface area contributed by atoms with Crippen LogP contribution in [0.5, 0.6) is 0 Å². The van der Waals surface area contributed by atoms with E-state index in [1.807, 2.05) is 13.8 Å². The van der Waals surface area contributed by atoms with Crippen LogP contribution in [0.1, 0.15) is 52.4 Å². The normalized spacial score (nSPS) is 31.7. The van der Waals surface area contributed by atoms with Crippen molar-refractivity contribution in [3.8, 4) is 0 Å². The molecule has 1 aliphatic carbocycles. The van der Waals surface area contributed by atoms with Crippen LogP contribution >= 0.6 is 12.4 Å². The molecule has 0 aromatic heterocycles. The third-order valence-electron chi connectivity index (χ3n) is 4.83. The van der Waals surface area contributed by atoms with Gasteiger partial charge in [-0.3, -0.25) is 9.59 Å². The predicted molar refractivity (Wildman–Crippen MR) is 88.0 cm³/mol. The second-order valence-corrected chi connectivity index (χ2v) is 6.62. The van der Waals surface area contributed by atoms with E-state index in [9.17, 15) is 9.59 Å². The summed E-state index contributed by atoms with van der Waals surface area (Å²) in [7, 11) is 0. The highest BCUT2D eigenvalue weighted by Crippen LogP contribution is 2.29. The van der Waals surface area contributed by atoms with Crippen molar-refractivity contribution >= 4 is 24.3 Å². The number of piperidine rings is 1. The van der Waals surface area contributed by atoms with Crippen molar-refractivity contribution in [2.24, 2.45) is 11.3 Å². The highest BCUT2D eigenvalue weighted by atomic mass is 35.5. The van der Waals surface area contributed by atoms with Gasteiger partial charge in [0.2, 0.25) is 5.91 Å². The average molecular weight is 333 g/mol. The van der Waals surface area contributed by atoms with Crippen LogP contribution in [0, 0.1) is 11.3 Å². The van der Waals surface area contributed by atoms with E-state index in [-0.39, 0.29) is 41.7 Å². The Kier molecular flexibility index (Phi) is 7.63. The first-order valence-corrected chi connectivity index (χ1v) is 8.23. The Balaban J connectivity index is 0.00000242. The number of carbonyl (C=O) groups excluding carboxylic acids is 2. The molecule has 0 radical (unpaired) electrons. The first-order chi connectivity index (χ1) is 10.0. The summed E-state index contributed by atoms with van der Waals surface area (Å²) in [5.74, 6) is 0.102. The Bertz CT molecular complexity index is 376. The number of hydrogen-bond donors (Lipinski definition) is 2. The SMILES string of the molecule is CCOC(=O)C1CCC(NC(=O)C2(C)CCCNC2)CC1.Cl. The number of rotatable bonds is 4. The van der Waals surface area contributed by atoms with Gasteiger partial charge in [-0.1, -0.05) is 0 Å². The van der Waals surface area contributed by atoms with Crippen LogP contribution in [-0.4, -0.2) is 37.6 Å². The van der Waals surface area contributed by atoms with E-state index < -0.39 is 0 Å². The third-order valence-corrected chi connectivity index (χ3v) is 4.83. The molecule has 5 nitrogen and oxygen atoms in total. The first kappa shape index (κ1) is 19.2. The van der Waals surface area contributed by atoms with Gasteiger partial charge in [0.15, 0.2) is 0 Å². The van der Waals surface area contributed by atoms with Gasteiger partial charge in [0.05, 0.1) is 17.9 Å². The summed E-state index contributed by atoms with van der Waals surface area (Å²) < 4.78 is 5.07. The monoisotopic (exact) mass is 332 g/mol. The number of nitrogens with one attached hydrogen (secondary N) is 2. The molecule has 0 spiro atoms. The topological polar surface area (TPSA) is 67.4 Å². The zero-order valence-electron chi connectivity index (χ0n) is 13.7. The molecule has 2 aliphatic rings. The van der Waals surface area contributed by atoms with E-state index in [2.05, 4.69) is 10.6 Å². The molecule has 6 heteroatoms. The lowest BCUT2D eigenvalue weighted by Crippen LogP contribution is -2.51. The molecule has 1 atom stereocenters. The van der Waals surface area contributed by atoms with Crippen molar-refractivity contribution in [1.29, 1.82) is 0 Å². The predicted octanol–water partition coefficient (Wildman–Crippen LogP) is 2.04. The highest BCUT2D eigenvalue weighted by molar-refractivity contribution is 5.85. The molecule has 1 heterocycles. The van der Waals surface area contributed by atoms with Crippen molar-refractivity contribution in [3.63, 3.8) is 0 Å². The molecular weight excluding hydrogens is 304 g/mol. The standard InChI is InChI=1S/C16H28N2O3.ClH/c1-3-21-14(19)12-5-7-13(8-6-12)18-15(20)16(2)9-4-10-17-11-16;/h12-13,17H,3-11H2,1-2H3,(H,18,20);1H. The zero-order valence-corrected chi connectivity index (χ0v) is 14.5. The van der Waals surface area contributed by atoms with Crippen molar-refractivity contribution in [3.05, 3.63) is 0 Å². The number of halogens is 1. The van der Waals surface area contributed by atoms with Crippen LogP contribution in [0.15, 0.2) is 0 Å². The molecule has 1 aliphatic heterocycles. The fourth-order valence-corrected chi connectivity index (χ4v) is 3.34. The van der Waals surface area contributed by atoms with Gasteiger partial charge >= 0.3 is 5.97 Å². The zero-order chi connectivity index (χ0) is 15.3. The van der Waals surface area contributed by atoms with Gasteiger partial charge in [-0.25, -0.2) is 0 Å². The number of esters is 1. The van der Waals surface area contributed by atoms with E-state index >= 15 is 0 Å². The molecule has 1 unspecified atom stereocenters. The number of amides is 1. The van der Waals surface area contributed by atoms with Crippen LogP contribution in [0.25, 0.3) is 0 Å². The summed E-state index contributed by atoms with van der Waals surface area (Å²) in [6, 6.07) is 0.210. The Morgan fingerprint density at radius 2 is 1.95 bits per heavy atom. The van der Waals surface area contributed by atoms with Crippen molar-refractivity contribution in [1.82, 2.24) is 10.6 Å². The van der Waals surface area contributed by atoms with E-state index in [0.717, 1.165) is 51.6 Å². The number of ether oxygens (including phenoxy) is 1. The fourth-order valence-electron chi connectivity index (χ4n) is 3.34. The molecule has 0 aromatic carbocycles. The summed E-state index contributed by atoms with van der Waals surface area (Å²) in [4.78, 5) is 24.2. The Morgan fingerprint density at radius 1 is 1.27 bits per heavy atom. The number of carbonyl (C=O) groups is 2. The van der Waals surface area contributed by atoms with Crippen LogP contribution in [0.4, 0.5) is 0 Å². The summed E-state index contributed by atoms with van der Waals surface area (Å²) in [6.07, 6.45) is 5.39. The van der Waals surface area contributed by atoms with Crippen molar-refractivity contribution in [2.45, 2.75) is 58.4 Å². The largest absolute Gasteiger partial charge is 0.466 e. The van der Waals surface area contributed by atoms with E-state index in [1.165, 1.54) is 0 Å². The smallest absolute Gasteiger partial charge is 0.308 e. The van der Waals surface area contributed by atoms with E-state index in [1.54, 1.807) is 0 Å². The lowest BCUT2D eigenvalue weighted by atomic mass is 9.80. The average Bonchev–Trinajstić information content (AvgIpc) is 2.49. The Hall–Kier alpha value is -0.810. The van der Waals surface area contributed by atoms with Crippen LogP contribution in [-0.2, 0) is 14.3 Å². The molecule has 128 valence electrons. The molecule has 22 heavy (non-hydrogen) atoms. The molecule has 1 saturated carbocycles. The lowest BCUT2D eigenvalue weighted by molar-refractivity contribution is -0.149. The molecule has 0 bridgehead atoms. The minimum atomic E-state index is -0.282. The Labute approximate surface area is 139 Å². The Morgan fingerprint density at radius 3 is 2.50 bits per heavy atom. The van der Waals surface area contributed by atoms with Crippen LogP contribution < -0.4 is 10.6 Å². The van der Waals surface area contributed by atoms with Gasteiger partial charge in [-0.05, 0) is 58.9 Å². The molecule has 1 saturated heterocycles. The minimum Gasteiger partial charge on any atom is -0.466 e. The lowest BCUT2D eigenvalue weighted by Gasteiger charge is -2.35. The van der Waals surface area contributed by atoms with Gasteiger partial charge in [0, 0.05) is 12.6 Å². The molecule has 0 aromatic rings. The third kappa shape index (κ3) is 4.85. The molecule has 2 N–H and O–H groups in total. The summed E-state index contributed by atoms with van der Waals surface area (Å²) >= 11 is 0. The quantitative estimate of drug-likeness (QED) is 0.773. The molecular formula is C16H29ClN2O3. The maximum atomic E-state index is 12.5. The number of hydrogen-bond acceptors (Lipinski definition) is 4. The molecule has 2 fully saturated rings. The van der Waals surface area contributed by atoms with Gasteiger partial charge < -0.3 is 15.4 Å². The maximum absolute atomic E-state index is 12.5. The van der Waals surface area contributed by atoms with Gasteiger partial charge in [-0.2, -0.15) is 0 Å². The molecule has 1 amide bonds. The highest BCUT2D eigenvalue weighted by Gasteiger charge is 2.36. The maximum Gasteiger partial charge on any atom is 0.308 e. The van der Waals surface area contributed by atoms with Crippen LogP contribution in [0.2, 0.25) is 0 Å². The van der Waals surface area contributed by atoms with Crippen LogP contribution in [0.3, 0.4) is 0 Å². The van der Waals surface area contributed by atoms with Crippen molar-refractivity contribution in [2.75, 3.05) is 19.7 Å². The van der Waals surface area contributed by atoms with E-state index in [4.69, 9.17) is 4.74 Å². The van der Waals surface area contributed by atoms with E-state index in [0.29, 0.717) is 6.61 Å².